The Morgan fingerprint density at radius 2 is 1.82 bits per heavy atom. The second-order valence-corrected chi connectivity index (χ2v) is 6.47. The first-order chi connectivity index (χ1) is 10.6. The van der Waals surface area contributed by atoms with Gasteiger partial charge in [0.25, 0.3) is 0 Å². The number of hydrogen-bond acceptors (Lipinski definition) is 3. The zero-order chi connectivity index (χ0) is 15.9. The van der Waals surface area contributed by atoms with Crippen LogP contribution in [0.2, 0.25) is 0 Å². The van der Waals surface area contributed by atoms with Crippen LogP contribution in [0.5, 0.6) is 0 Å². The number of nitrogens with one attached hydrogen (secondary N) is 1. The summed E-state index contributed by atoms with van der Waals surface area (Å²) in [5.41, 5.74) is 1.04. The molecule has 4 heteroatoms. The monoisotopic (exact) mass is 303 g/mol. The van der Waals surface area contributed by atoms with Crippen LogP contribution in [0.15, 0.2) is 30.3 Å². The van der Waals surface area contributed by atoms with Crippen LogP contribution in [0.4, 0.5) is 0 Å². The Labute approximate surface area is 134 Å². The van der Waals surface area contributed by atoms with Crippen molar-refractivity contribution in [1.29, 1.82) is 0 Å². The standard InChI is InChI=1S/C18H29N3O/c1-15(21-12-8-5-9-13-21)14-19-18(22)17(20(2)3)16-10-6-4-7-11-16/h4,6-7,10-11,15,17H,5,8-9,12-14H2,1-3H3,(H,19,22). The van der Waals surface area contributed by atoms with E-state index in [1.54, 1.807) is 0 Å². The molecule has 2 rings (SSSR count). The zero-order valence-corrected chi connectivity index (χ0v) is 14.1. The van der Waals surface area contributed by atoms with Crippen LogP contribution in [-0.4, -0.2) is 55.5 Å². The lowest BCUT2D eigenvalue weighted by Crippen LogP contribution is -2.46. The van der Waals surface area contributed by atoms with Crippen molar-refractivity contribution in [1.82, 2.24) is 15.1 Å². The largest absolute Gasteiger partial charge is 0.353 e. The van der Waals surface area contributed by atoms with E-state index >= 15 is 0 Å². The van der Waals surface area contributed by atoms with Crippen molar-refractivity contribution in [2.75, 3.05) is 33.7 Å². The van der Waals surface area contributed by atoms with Gasteiger partial charge in [-0.3, -0.25) is 14.6 Å². The number of amides is 1. The summed E-state index contributed by atoms with van der Waals surface area (Å²) in [4.78, 5) is 17.1. The van der Waals surface area contributed by atoms with Gasteiger partial charge in [-0.15, -0.1) is 0 Å². The molecule has 122 valence electrons. The number of carbonyl (C=O) groups is 1. The highest BCUT2D eigenvalue weighted by molar-refractivity contribution is 5.83. The van der Waals surface area contributed by atoms with Gasteiger partial charge in [0.2, 0.25) is 5.91 Å². The van der Waals surface area contributed by atoms with E-state index in [1.165, 1.54) is 19.3 Å². The van der Waals surface area contributed by atoms with Gasteiger partial charge < -0.3 is 5.32 Å². The fraction of sp³-hybridized carbons (Fsp3) is 0.611. The van der Waals surface area contributed by atoms with E-state index in [9.17, 15) is 4.79 Å². The van der Waals surface area contributed by atoms with Crippen molar-refractivity contribution >= 4 is 5.91 Å². The quantitative estimate of drug-likeness (QED) is 0.876. The molecule has 0 aromatic heterocycles. The maximum absolute atomic E-state index is 12.6. The van der Waals surface area contributed by atoms with E-state index in [0.717, 1.165) is 25.2 Å². The molecule has 0 aliphatic carbocycles. The minimum absolute atomic E-state index is 0.0834. The summed E-state index contributed by atoms with van der Waals surface area (Å²) in [5, 5.41) is 3.14. The van der Waals surface area contributed by atoms with Gasteiger partial charge in [-0.25, -0.2) is 0 Å². The Morgan fingerprint density at radius 3 is 2.41 bits per heavy atom. The molecule has 1 aliphatic heterocycles. The minimum Gasteiger partial charge on any atom is -0.353 e. The van der Waals surface area contributed by atoms with Crippen LogP contribution in [0.3, 0.4) is 0 Å². The predicted molar refractivity (Wildman–Crippen MR) is 90.8 cm³/mol. The van der Waals surface area contributed by atoms with Crippen molar-refractivity contribution in [2.24, 2.45) is 0 Å². The van der Waals surface area contributed by atoms with Crippen LogP contribution in [0, 0.1) is 0 Å². The van der Waals surface area contributed by atoms with Gasteiger partial charge in [0.1, 0.15) is 6.04 Å². The molecule has 0 bridgehead atoms. The van der Waals surface area contributed by atoms with E-state index in [-0.39, 0.29) is 11.9 Å². The molecule has 0 saturated carbocycles. The number of hydrogen-bond donors (Lipinski definition) is 1. The molecule has 1 amide bonds. The van der Waals surface area contributed by atoms with Gasteiger partial charge in [0.05, 0.1) is 0 Å². The summed E-state index contributed by atoms with van der Waals surface area (Å²) in [6, 6.07) is 10.1. The Bertz CT molecular complexity index is 455. The topological polar surface area (TPSA) is 35.6 Å². The molecule has 0 radical (unpaired) electrons. The number of likely N-dealkylation sites (tertiary alicyclic amines) is 1. The van der Waals surface area contributed by atoms with Crippen molar-refractivity contribution < 1.29 is 4.79 Å². The van der Waals surface area contributed by atoms with E-state index in [2.05, 4.69) is 17.1 Å². The Balaban J connectivity index is 1.91. The zero-order valence-electron chi connectivity index (χ0n) is 14.1. The van der Waals surface area contributed by atoms with Crippen molar-refractivity contribution in [3.8, 4) is 0 Å². The molecule has 0 spiro atoms. The fourth-order valence-electron chi connectivity index (χ4n) is 3.15. The van der Waals surface area contributed by atoms with Gasteiger partial charge in [0.15, 0.2) is 0 Å². The van der Waals surface area contributed by atoms with E-state index in [0.29, 0.717) is 6.04 Å². The molecule has 2 atom stereocenters. The van der Waals surface area contributed by atoms with Gasteiger partial charge in [-0.2, -0.15) is 0 Å². The second-order valence-electron chi connectivity index (χ2n) is 6.47. The van der Waals surface area contributed by atoms with E-state index in [4.69, 9.17) is 0 Å². The van der Waals surface area contributed by atoms with Gasteiger partial charge in [0, 0.05) is 12.6 Å². The third-order valence-corrected chi connectivity index (χ3v) is 4.47. The molecule has 2 unspecified atom stereocenters. The number of likely N-dealkylation sites (N-methyl/N-ethyl adjacent to an activating group) is 1. The number of piperidine rings is 1. The van der Waals surface area contributed by atoms with Crippen LogP contribution in [0.25, 0.3) is 0 Å². The second kappa shape index (κ2) is 8.30. The lowest BCUT2D eigenvalue weighted by Gasteiger charge is -2.33. The number of carbonyl (C=O) groups excluding carboxylic acids is 1. The van der Waals surface area contributed by atoms with E-state index < -0.39 is 0 Å². The molecule has 4 nitrogen and oxygen atoms in total. The van der Waals surface area contributed by atoms with Crippen LogP contribution < -0.4 is 5.32 Å². The van der Waals surface area contributed by atoms with E-state index in [1.807, 2.05) is 49.3 Å². The molecule has 1 saturated heterocycles. The summed E-state index contributed by atoms with van der Waals surface area (Å²) in [7, 11) is 3.90. The molecule has 1 fully saturated rings. The first kappa shape index (κ1) is 17.0. The molecule has 1 N–H and O–H groups in total. The molecule has 1 aromatic rings. The lowest BCUT2D eigenvalue weighted by atomic mass is 10.0. The molecular weight excluding hydrogens is 274 g/mol. The highest BCUT2D eigenvalue weighted by atomic mass is 16.2. The lowest BCUT2D eigenvalue weighted by molar-refractivity contribution is -0.126. The molecule has 1 heterocycles. The van der Waals surface area contributed by atoms with Crippen molar-refractivity contribution in [2.45, 2.75) is 38.3 Å². The summed E-state index contributed by atoms with van der Waals surface area (Å²) >= 11 is 0. The Kier molecular flexibility index (Phi) is 6.40. The van der Waals surface area contributed by atoms with Crippen LogP contribution in [0.1, 0.15) is 37.8 Å². The summed E-state index contributed by atoms with van der Waals surface area (Å²) in [5.74, 6) is 0.0834. The third-order valence-electron chi connectivity index (χ3n) is 4.47. The highest BCUT2D eigenvalue weighted by Crippen LogP contribution is 2.18. The SMILES string of the molecule is CC(CNC(=O)C(c1ccccc1)N(C)C)N1CCCCC1. The summed E-state index contributed by atoms with van der Waals surface area (Å²) in [6.07, 6.45) is 3.90. The molecule has 1 aromatic carbocycles. The number of nitrogens with zero attached hydrogens (tertiary/aromatic N) is 2. The molecule has 1 aliphatic rings. The maximum atomic E-state index is 12.6. The minimum atomic E-state index is -0.227. The first-order valence-corrected chi connectivity index (χ1v) is 8.32. The third kappa shape index (κ3) is 4.55. The van der Waals surface area contributed by atoms with Crippen molar-refractivity contribution in [3.05, 3.63) is 35.9 Å². The average Bonchev–Trinajstić information content (AvgIpc) is 2.54. The Morgan fingerprint density at radius 1 is 1.18 bits per heavy atom. The van der Waals surface area contributed by atoms with Crippen LogP contribution in [-0.2, 0) is 4.79 Å². The fourth-order valence-corrected chi connectivity index (χ4v) is 3.15. The summed E-state index contributed by atoms with van der Waals surface area (Å²) < 4.78 is 0. The van der Waals surface area contributed by atoms with Crippen LogP contribution >= 0.6 is 0 Å². The smallest absolute Gasteiger partial charge is 0.241 e. The Hall–Kier alpha value is -1.39. The summed E-state index contributed by atoms with van der Waals surface area (Å²) in [6.45, 7) is 5.24. The normalized spacial score (nSPS) is 18.9. The molecule has 22 heavy (non-hydrogen) atoms. The maximum Gasteiger partial charge on any atom is 0.241 e. The average molecular weight is 303 g/mol. The first-order valence-electron chi connectivity index (χ1n) is 8.32. The number of benzene rings is 1. The molecular formula is C18H29N3O. The van der Waals surface area contributed by atoms with Gasteiger partial charge >= 0.3 is 0 Å². The predicted octanol–water partition coefficient (Wildman–Crippen LogP) is 2.28. The number of rotatable bonds is 6. The highest BCUT2D eigenvalue weighted by Gasteiger charge is 2.24. The van der Waals surface area contributed by atoms with Gasteiger partial charge in [-0.05, 0) is 52.5 Å². The van der Waals surface area contributed by atoms with Gasteiger partial charge in [-0.1, -0.05) is 36.8 Å². The van der Waals surface area contributed by atoms with Crippen molar-refractivity contribution in [3.63, 3.8) is 0 Å².